The highest BCUT2D eigenvalue weighted by Crippen LogP contribution is 2.16. The number of anilines is 1. The lowest BCUT2D eigenvalue weighted by atomic mass is 10.3. The zero-order valence-electron chi connectivity index (χ0n) is 11.2. The summed E-state index contributed by atoms with van der Waals surface area (Å²) in [5, 5.41) is 2.98. The molecule has 1 N–H and O–H groups in total. The molecule has 1 heterocycles. The van der Waals surface area contributed by atoms with Crippen molar-refractivity contribution in [3.63, 3.8) is 0 Å². The molecule has 1 saturated heterocycles. The van der Waals surface area contributed by atoms with Crippen LogP contribution in [0.15, 0.2) is 24.3 Å². The zero-order valence-corrected chi connectivity index (χ0v) is 13.4. The van der Waals surface area contributed by atoms with Crippen LogP contribution in [0.4, 0.5) is 5.69 Å². The highest BCUT2D eigenvalue weighted by molar-refractivity contribution is 14.1. The normalized spacial score (nSPS) is 17.4. The molecular weight excluding hydrogens is 353 g/mol. The van der Waals surface area contributed by atoms with E-state index in [1.807, 2.05) is 24.3 Å². The molecule has 0 atom stereocenters. The van der Waals surface area contributed by atoms with E-state index in [0.29, 0.717) is 6.54 Å². The number of piperazine rings is 1. The molecule has 19 heavy (non-hydrogen) atoms. The number of hydrogen-bond donors (Lipinski definition) is 1. The molecule has 0 aromatic heterocycles. The number of carbonyl (C=O) groups is 1. The molecule has 1 fully saturated rings. The second kappa shape index (κ2) is 7.21. The fourth-order valence-electron chi connectivity index (χ4n) is 2.22. The van der Waals surface area contributed by atoms with Crippen LogP contribution in [0.1, 0.15) is 6.92 Å². The first kappa shape index (κ1) is 14.7. The van der Waals surface area contributed by atoms with Gasteiger partial charge in [0.15, 0.2) is 0 Å². The van der Waals surface area contributed by atoms with E-state index in [9.17, 15) is 4.79 Å². The summed E-state index contributed by atoms with van der Waals surface area (Å²) >= 11 is 2.24. The summed E-state index contributed by atoms with van der Waals surface area (Å²) in [5.74, 6) is 0.0778. The summed E-state index contributed by atoms with van der Waals surface area (Å²) in [6.45, 7) is 7.85. The smallest absolute Gasteiger partial charge is 0.238 e. The van der Waals surface area contributed by atoms with Gasteiger partial charge < -0.3 is 10.2 Å². The van der Waals surface area contributed by atoms with E-state index >= 15 is 0 Å². The van der Waals surface area contributed by atoms with Gasteiger partial charge in [0.25, 0.3) is 0 Å². The molecule has 5 heteroatoms. The summed E-state index contributed by atoms with van der Waals surface area (Å²) in [5.41, 5.74) is 0.903. The molecule has 1 aliphatic rings. The Morgan fingerprint density at radius 3 is 2.47 bits per heavy atom. The third kappa shape index (κ3) is 4.43. The van der Waals surface area contributed by atoms with E-state index in [1.165, 1.54) is 0 Å². The van der Waals surface area contributed by atoms with Gasteiger partial charge in [0.1, 0.15) is 0 Å². The largest absolute Gasteiger partial charge is 0.324 e. The van der Waals surface area contributed by atoms with Crippen molar-refractivity contribution in [3.8, 4) is 0 Å². The number of likely N-dealkylation sites (N-methyl/N-ethyl adjacent to an activating group) is 1. The van der Waals surface area contributed by atoms with Crippen LogP contribution >= 0.6 is 22.6 Å². The van der Waals surface area contributed by atoms with E-state index in [0.717, 1.165) is 42.0 Å². The Kier molecular flexibility index (Phi) is 5.59. The van der Waals surface area contributed by atoms with Crippen LogP contribution in [-0.2, 0) is 4.79 Å². The highest BCUT2D eigenvalue weighted by atomic mass is 127. The molecule has 1 aromatic rings. The first-order chi connectivity index (χ1) is 9.19. The summed E-state index contributed by atoms with van der Waals surface area (Å²) in [6, 6.07) is 7.85. The number of carbonyl (C=O) groups excluding carboxylic acids is 1. The summed E-state index contributed by atoms with van der Waals surface area (Å²) in [7, 11) is 0. The van der Waals surface area contributed by atoms with Gasteiger partial charge in [-0.05, 0) is 41.3 Å². The quantitative estimate of drug-likeness (QED) is 0.819. The maximum absolute atomic E-state index is 12.0. The van der Waals surface area contributed by atoms with Crippen molar-refractivity contribution >= 4 is 34.2 Å². The number of nitrogens with one attached hydrogen (secondary N) is 1. The molecule has 0 radical (unpaired) electrons. The Hall–Kier alpha value is -0.660. The number of nitrogens with zero attached hydrogens (tertiary/aromatic N) is 2. The van der Waals surface area contributed by atoms with Crippen molar-refractivity contribution in [2.24, 2.45) is 0 Å². The second-order valence-electron chi connectivity index (χ2n) is 4.74. The predicted octanol–water partition coefficient (Wildman–Crippen LogP) is 1.87. The Bertz CT molecular complexity index is 430. The Morgan fingerprint density at radius 2 is 1.84 bits per heavy atom. The molecular formula is C14H20IN3O. The minimum absolute atomic E-state index is 0.0778. The molecule has 0 aliphatic carbocycles. The lowest BCUT2D eigenvalue weighted by molar-refractivity contribution is -0.117. The van der Waals surface area contributed by atoms with Crippen LogP contribution in [0.25, 0.3) is 0 Å². The fraction of sp³-hybridized carbons (Fsp3) is 0.500. The van der Waals surface area contributed by atoms with Gasteiger partial charge in [-0.1, -0.05) is 19.1 Å². The van der Waals surface area contributed by atoms with Gasteiger partial charge in [0, 0.05) is 29.7 Å². The van der Waals surface area contributed by atoms with Crippen molar-refractivity contribution in [2.75, 3.05) is 44.6 Å². The molecule has 1 aliphatic heterocycles. The van der Waals surface area contributed by atoms with Crippen molar-refractivity contribution in [1.29, 1.82) is 0 Å². The van der Waals surface area contributed by atoms with E-state index in [1.54, 1.807) is 0 Å². The van der Waals surface area contributed by atoms with Gasteiger partial charge in [0.2, 0.25) is 5.91 Å². The van der Waals surface area contributed by atoms with Gasteiger partial charge in [-0.2, -0.15) is 0 Å². The number of halogens is 1. The fourth-order valence-corrected chi connectivity index (χ4v) is 2.74. The first-order valence-electron chi connectivity index (χ1n) is 6.68. The lowest BCUT2D eigenvalue weighted by Gasteiger charge is -2.33. The van der Waals surface area contributed by atoms with Crippen LogP contribution in [0.2, 0.25) is 0 Å². The number of amides is 1. The SMILES string of the molecule is CCN1CCN(CC(=O)Nc2ccccc2I)CC1. The molecule has 0 spiro atoms. The summed E-state index contributed by atoms with van der Waals surface area (Å²) in [4.78, 5) is 16.6. The monoisotopic (exact) mass is 373 g/mol. The number of para-hydroxylation sites is 1. The number of rotatable bonds is 4. The van der Waals surface area contributed by atoms with Crippen molar-refractivity contribution in [3.05, 3.63) is 27.8 Å². The van der Waals surface area contributed by atoms with E-state index in [-0.39, 0.29) is 5.91 Å². The minimum Gasteiger partial charge on any atom is -0.324 e. The Morgan fingerprint density at radius 1 is 1.21 bits per heavy atom. The van der Waals surface area contributed by atoms with Crippen LogP contribution in [0.5, 0.6) is 0 Å². The lowest BCUT2D eigenvalue weighted by Crippen LogP contribution is -2.48. The number of benzene rings is 1. The maximum Gasteiger partial charge on any atom is 0.238 e. The molecule has 1 amide bonds. The molecule has 0 unspecified atom stereocenters. The summed E-state index contributed by atoms with van der Waals surface area (Å²) in [6.07, 6.45) is 0. The predicted molar refractivity (Wildman–Crippen MR) is 86.3 cm³/mol. The maximum atomic E-state index is 12.0. The molecule has 2 rings (SSSR count). The van der Waals surface area contributed by atoms with E-state index in [2.05, 4.69) is 44.6 Å². The minimum atomic E-state index is 0.0778. The first-order valence-corrected chi connectivity index (χ1v) is 7.76. The molecule has 0 bridgehead atoms. The van der Waals surface area contributed by atoms with Gasteiger partial charge in [-0.25, -0.2) is 0 Å². The Balaban J connectivity index is 1.81. The highest BCUT2D eigenvalue weighted by Gasteiger charge is 2.17. The topological polar surface area (TPSA) is 35.6 Å². The van der Waals surface area contributed by atoms with E-state index in [4.69, 9.17) is 0 Å². The average Bonchev–Trinajstić information content (AvgIpc) is 2.42. The molecule has 4 nitrogen and oxygen atoms in total. The van der Waals surface area contributed by atoms with Crippen LogP contribution < -0.4 is 5.32 Å². The molecule has 104 valence electrons. The van der Waals surface area contributed by atoms with Gasteiger partial charge in [-0.3, -0.25) is 9.69 Å². The molecule has 1 aromatic carbocycles. The van der Waals surface area contributed by atoms with Crippen LogP contribution in [-0.4, -0.2) is 55.0 Å². The third-order valence-corrected chi connectivity index (χ3v) is 4.37. The Labute approximate surface area is 128 Å². The van der Waals surface area contributed by atoms with Crippen LogP contribution in [0, 0.1) is 3.57 Å². The summed E-state index contributed by atoms with van der Waals surface area (Å²) < 4.78 is 1.07. The third-order valence-electron chi connectivity index (χ3n) is 3.43. The van der Waals surface area contributed by atoms with Crippen molar-refractivity contribution in [1.82, 2.24) is 9.80 Å². The number of hydrogen-bond acceptors (Lipinski definition) is 3. The van der Waals surface area contributed by atoms with Crippen LogP contribution in [0.3, 0.4) is 0 Å². The van der Waals surface area contributed by atoms with Crippen molar-refractivity contribution < 1.29 is 4.79 Å². The van der Waals surface area contributed by atoms with E-state index < -0.39 is 0 Å². The average molecular weight is 373 g/mol. The van der Waals surface area contributed by atoms with Gasteiger partial charge >= 0.3 is 0 Å². The van der Waals surface area contributed by atoms with Gasteiger partial charge in [0.05, 0.1) is 12.2 Å². The second-order valence-corrected chi connectivity index (χ2v) is 5.90. The zero-order chi connectivity index (χ0) is 13.7. The van der Waals surface area contributed by atoms with Crippen molar-refractivity contribution in [2.45, 2.75) is 6.92 Å². The van der Waals surface area contributed by atoms with Gasteiger partial charge in [-0.15, -0.1) is 0 Å². The molecule has 0 saturated carbocycles. The standard InChI is InChI=1S/C14H20IN3O/c1-2-17-7-9-18(10-8-17)11-14(19)16-13-6-4-3-5-12(13)15/h3-6H,2,7-11H2,1H3,(H,16,19).